The molecule has 0 saturated carbocycles. The molecular formula is C32H23F6IO6S3. The Hall–Kier alpha value is -3.42. The molecule has 5 aromatic rings. The fraction of sp³-hybridized carbons (Fsp3) is 0.0625. The van der Waals surface area contributed by atoms with E-state index in [1.165, 1.54) is 40.5 Å². The molecule has 16 heteroatoms. The second-order valence-electron chi connectivity index (χ2n) is 9.36. The molecule has 0 heterocycles. The Morgan fingerprint density at radius 1 is 0.500 bits per heavy atom. The van der Waals surface area contributed by atoms with Crippen LogP contribution in [-0.2, 0) is 31.1 Å². The largest absolute Gasteiger partial charge is 0.741 e. The highest BCUT2D eigenvalue weighted by Crippen LogP contribution is 2.33. The molecule has 0 radical (unpaired) electrons. The van der Waals surface area contributed by atoms with Crippen molar-refractivity contribution in [2.45, 2.75) is 25.7 Å². The standard InChI is InChI=1S/C30H22IS.2CHF3O3S/c31-27-19-15-25(16-20-27)23-11-13-24(14-12-23)26-17-21-30(22-18-26)32(28-7-3-1-4-8-28)29-9-5-2-6-10-29;2*2-1(3,4)8(5,6)7/h1-22H;2*(H,5,6,7)/q+1;;/p-1. The van der Waals surface area contributed by atoms with Crippen LogP contribution in [0.3, 0.4) is 0 Å². The summed E-state index contributed by atoms with van der Waals surface area (Å²) >= 11 is 2.34. The lowest BCUT2D eigenvalue weighted by molar-refractivity contribution is -0.0519. The van der Waals surface area contributed by atoms with Crippen molar-refractivity contribution in [1.82, 2.24) is 0 Å². The van der Waals surface area contributed by atoms with Crippen molar-refractivity contribution < 1.29 is 52.3 Å². The number of hydrogen-bond donors (Lipinski definition) is 1. The van der Waals surface area contributed by atoms with E-state index in [-0.39, 0.29) is 10.9 Å². The van der Waals surface area contributed by atoms with Gasteiger partial charge in [-0.1, -0.05) is 72.8 Å². The zero-order valence-electron chi connectivity index (χ0n) is 24.1. The molecule has 0 aliphatic heterocycles. The van der Waals surface area contributed by atoms with E-state index in [1.807, 2.05) is 0 Å². The van der Waals surface area contributed by atoms with Gasteiger partial charge in [-0.2, -0.15) is 34.8 Å². The summed E-state index contributed by atoms with van der Waals surface area (Å²) in [6, 6.07) is 48.2. The minimum Gasteiger partial charge on any atom is -0.741 e. The Morgan fingerprint density at radius 2 is 0.750 bits per heavy atom. The van der Waals surface area contributed by atoms with Crippen molar-refractivity contribution in [3.63, 3.8) is 0 Å². The van der Waals surface area contributed by atoms with E-state index in [2.05, 4.69) is 156 Å². The molecule has 0 aliphatic rings. The maximum absolute atomic E-state index is 10.7. The smallest absolute Gasteiger partial charge is 0.522 e. The average Bonchev–Trinajstić information content (AvgIpc) is 3.02. The number of halogens is 7. The summed E-state index contributed by atoms with van der Waals surface area (Å²) in [5.74, 6) is 0. The normalized spacial score (nSPS) is 12.0. The summed E-state index contributed by atoms with van der Waals surface area (Å²) in [5.41, 5.74) is -6.20. The molecule has 0 atom stereocenters. The van der Waals surface area contributed by atoms with Gasteiger partial charge in [-0.05, 0) is 106 Å². The molecule has 6 nitrogen and oxygen atoms in total. The Balaban J connectivity index is 0.000000325. The Bertz CT molecular complexity index is 1890. The Labute approximate surface area is 289 Å². The Kier molecular flexibility index (Phi) is 13.3. The van der Waals surface area contributed by atoms with Gasteiger partial charge in [-0.25, -0.2) is 8.42 Å². The zero-order valence-corrected chi connectivity index (χ0v) is 28.7. The van der Waals surface area contributed by atoms with Gasteiger partial charge in [0, 0.05) is 3.57 Å². The predicted octanol–water partition coefficient (Wildman–Crippen LogP) is 9.17. The van der Waals surface area contributed by atoms with E-state index >= 15 is 0 Å². The van der Waals surface area contributed by atoms with Gasteiger partial charge in [0.05, 0.1) is 10.9 Å². The topological polar surface area (TPSA) is 112 Å². The lowest BCUT2D eigenvalue weighted by atomic mass is 10.0. The van der Waals surface area contributed by atoms with Gasteiger partial charge in [-0.15, -0.1) is 0 Å². The highest BCUT2D eigenvalue weighted by Gasteiger charge is 2.44. The van der Waals surface area contributed by atoms with Crippen LogP contribution in [0.15, 0.2) is 148 Å². The van der Waals surface area contributed by atoms with Gasteiger partial charge in [0.25, 0.3) is 0 Å². The first-order valence-corrected chi connectivity index (χ1v) is 18.3. The first-order chi connectivity index (χ1) is 22.3. The molecule has 0 unspecified atom stereocenters. The van der Waals surface area contributed by atoms with Crippen LogP contribution in [0.5, 0.6) is 0 Å². The third-order valence-corrected chi connectivity index (χ3v) is 10.1. The highest BCUT2D eigenvalue weighted by atomic mass is 127. The fourth-order valence-electron chi connectivity index (χ4n) is 3.80. The monoisotopic (exact) mass is 840 g/mol. The van der Waals surface area contributed by atoms with Crippen LogP contribution in [-0.4, -0.2) is 37.0 Å². The third-order valence-electron chi connectivity index (χ3n) is 6.02. The SMILES string of the molecule is Ic1ccc(-c2ccc(-c3ccc([S+](c4ccccc4)c4ccccc4)cc3)cc2)cc1.O=S(=O)(O)C(F)(F)F.O=S(=O)([O-])C(F)(F)F. The summed E-state index contributed by atoms with van der Waals surface area (Å²) in [7, 11) is -12.0. The molecule has 48 heavy (non-hydrogen) atoms. The van der Waals surface area contributed by atoms with Crippen molar-refractivity contribution in [2.75, 3.05) is 0 Å². The van der Waals surface area contributed by atoms with Crippen molar-refractivity contribution in [2.24, 2.45) is 0 Å². The number of benzene rings is 5. The molecule has 1 N–H and O–H groups in total. The molecule has 5 rings (SSSR count). The van der Waals surface area contributed by atoms with Crippen molar-refractivity contribution in [1.29, 1.82) is 0 Å². The van der Waals surface area contributed by atoms with Crippen LogP contribution in [0, 0.1) is 3.57 Å². The van der Waals surface area contributed by atoms with Crippen molar-refractivity contribution in [3.05, 3.63) is 137 Å². The van der Waals surface area contributed by atoms with Gasteiger partial charge in [0.1, 0.15) is 0 Å². The van der Waals surface area contributed by atoms with E-state index in [4.69, 9.17) is 25.9 Å². The van der Waals surface area contributed by atoms with Gasteiger partial charge in [0.15, 0.2) is 24.8 Å². The fourth-order valence-corrected chi connectivity index (χ4v) is 6.25. The van der Waals surface area contributed by atoms with E-state index in [0.717, 1.165) is 0 Å². The summed E-state index contributed by atoms with van der Waals surface area (Å²) in [6.45, 7) is 0. The summed E-state index contributed by atoms with van der Waals surface area (Å²) in [4.78, 5) is 4.02. The number of rotatable bonds is 5. The van der Waals surface area contributed by atoms with Crippen LogP contribution in [0.4, 0.5) is 26.3 Å². The summed E-state index contributed by atoms with van der Waals surface area (Å²) in [6.07, 6.45) is 0. The maximum atomic E-state index is 10.7. The van der Waals surface area contributed by atoms with E-state index in [0.29, 0.717) is 0 Å². The first-order valence-electron chi connectivity index (χ1n) is 13.1. The molecule has 0 spiro atoms. The van der Waals surface area contributed by atoms with Crippen LogP contribution >= 0.6 is 22.6 Å². The summed E-state index contributed by atoms with van der Waals surface area (Å²) in [5, 5.41) is 0. The molecule has 0 aromatic heterocycles. The maximum Gasteiger partial charge on any atom is 0.522 e. The lowest BCUT2D eigenvalue weighted by Gasteiger charge is -2.09. The average molecular weight is 841 g/mol. The molecular weight excluding hydrogens is 817 g/mol. The van der Waals surface area contributed by atoms with Gasteiger partial charge < -0.3 is 4.55 Å². The molecule has 5 aromatic carbocycles. The first kappa shape index (κ1) is 39.0. The van der Waals surface area contributed by atoms with E-state index in [9.17, 15) is 26.3 Å². The minimum atomic E-state index is -6.09. The minimum absolute atomic E-state index is 0.110. The van der Waals surface area contributed by atoms with Crippen LogP contribution in [0.25, 0.3) is 22.3 Å². The second-order valence-corrected chi connectivity index (χ2v) is 15.4. The highest BCUT2D eigenvalue weighted by molar-refractivity contribution is 14.1. The lowest BCUT2D eigenvalue weighted by Crippen LogP contribution is -2.21. The van der Waals surface area contributed by atoms with E-state index in [1.54, 1.807) is 0 Å². The second kappa shape index (κ2) is 16.3. The molecule has 0 fully saturated rings. The van der Waals surface area contributed by atoms with Crippen molar-refractivity contribution >= 4 is 53.7 Å². The van der Waals surface area contributed by atoms with Gasteiger partial charge >= 0.3 is 21.1 Å². The van der Waals surface area contributed by atoms with Crippen LogP contribution < -0.4 is 0 Å². The van der Waals surface area contributed by atoms with Crippen molar-refractivity contribution in [3.8, 4) is 22.3 Å². The number of alkyl halides is 6. The van der Waals surface area contributed by atoms with E-state index < -0.39 is 31.3 Å². The zero-order chi connectivity index (χ0) is 35.8. The molecule has 0 amide bonds. The third kappa shape index (κ3) is 11.3. The molecule has 0 aliphatic carbocycles. The van der Waals surface area contributed by atoms with Crippen LogP contribution in [0.2, 0.25) is 0 Å². The quantitative estimate of drug-likeness (QED) is 0.0622. The number of hydrogen-bond acceptors (Lipinski definition) is 5. The van der Waals surface area contributed by atoms with Gasteiger partial charge in [-0.3, -0.25) is 4.55 Å². The van der Waals surface area contributed by atoms with Crippen LogP contribution in [0.1, 0.15) is 0 Å². The molecule has 0 bridgehead atoms. The molecule has 0 saturated heterocycles. The van der Waals surface area contributed by atoms with Gasteiger partial charge in [0.2, 0.25) is 0 Å². The predicted molar refractivity (Wildman–Crippen MR) is 178 cm³/mol. The summed E-state index contributed by atoms with van der Waals surface area (Å²) < 4.78 is 118. The Morgan fingerprint density at radius 3 is 1.02 bits per heavy atom. The molecule has 254 valence electrons.